The zero-order chi connectivity index (χ0) is 11.7. The van der Waals surface area contributed by atoms with Crippen LogP contribution in [-0.2, 0) is 0 Å². The lowest BCUT2D eigenvalue weighted by Crippen LogP contribution is -2.29. The Hall–Kier alpha value is -1.77. The lowest BCUT2D eigenvalue weighted by Gasteiger charge is -2.29. The molecule has 0 unspecified atom stereocenters. The second kappa shape index (κ2) is 4.24. The Morgan fingerprint density at radius 3 is 2.71 bits per heavy atom. The number of benzene rings is 1. The fourth-order valence-corrected chi connectivity index (χ4v) is 2.57. The molecule has 0 amide bonds. The number of nitrogens with zero attached hydrogens (tertiary/aromatic N) is 2. The molecule has 2 aromatic rings. The predicted molar refractivity (Wildman–Crippen MR) is 72.2 cm³/mol. The molecule has 0 radical (unpaired) electrons. The molecule has 3 heteroatoms. The van der Waals surface area contributed by atoms with Crippen molar-refractivity contribution in [3.8, 4) is 0 Å². The smallest absolute Gasteiger partial charge is 0.0955 e. The molecule has 1 aromatic carbocycles. The van der Waals surface area contributed by atoms with E-state index in [4.69, 9.17) is 5.73 Å². The molecule has 1 aliphatic heterocycles. The first-order valence-corrected chi connectivity index (χ1v) is 6.24. The summed E-state index contributed by atoms with van der Waals surface area (Å²) in [6, 6.07) is 8.09. The Bertz CT molecular complexity index is 530. The van der Waals surface area contributed by atoms with Crippen LogP contribution in [0.25, 0.3) is 10.9 Å². The Kier molecular flexibility index (Phi) is 2.59. The van der Waals surface area contributed by atoms with E-state index in [1.807, 2.05) is 24.4 Å². The van der Waals surface area contributed by atoms with Crippen LogP contribution in [0.4, 0.5) is 11.4 Å². The average Bonchev–Trinajstić information content (AvgIpc) is 2.41. The third-order valence-corrected chi connectivity index (χ3v) is 3.48. The second-order valence-corrected chi connectivity index (χ2v) is 4.62. The van der Waals surface area contributed by atoms with Gasteiger partial charge in [-0.25, -0.2) is 0 Å². The molecule has 1 fully saturated rings. The van der Waals surface area contributed by atoms with Gasteiger partial charge >= 0.3 is 0 Å². The summed E-state index contributed by atoms with van der Waals surface area (Å²) in [5, 5.41) is 1.07. The van der Waals surface area contributed by atoms with Crippen LogP contribution in [0.3, 0.4) is 0 Å². The summed E-state index contributed by atoms with van der Waals surface area (Å²) >= 11 is 0. The molecule has 0 spiro atoms. The van der Waals surface area contributed by atoms with E-state index in [1.54, 1.807) is 0 Å². The van der Waals surface area contributed by atoms with Gasteiger partial charge in [0, 0.05) is 30.4 Å². The number of rotatable bonds is 1. The van der Waals surface area contributed by atoms with Crippen LogP contribution in [-0.4, -0.2) is 18.1 Å². The summed E-state index contributed by atoms with van der Waals surface area (Å²) in [6.45, 7) is 2.27. The van der Waals surface area contributed by atoms with E-state index in [1.165, 1.54) is 24.9 Å². The summed E-state index contributed by atoms with van der Waals surface area (Å²) in [5.74, 6) is 0. The van der Waals surface area contributed by atoms with Gasteiger partial charge in [-0.3, -0.25) is 4.98 Å². The fourth-order valence-electron chi connectivity index (χ4n) is 2.57. The maximum absolute atomic E-state index is 6.00. The van der Waals surface area contributed by atoms with Crippen molar-refractivity contribution in [2.45, 2.75) is 19.3 Å². The molecular weight excluding hydrogens is 210 g/mol. The van der Waals surface area contributed by atoms with Crippen molar-refractivity contribution in [2.75, 3.05) is 23.7 Å². The molecule has 0 aliphatic carbocycles. The normalized spacial score (nSPS) is 16.4. The van der Waals surface area contributed by atoms with Crippen LogP contribution in [0.15, 0.2) is 30.5 Å². The third kappa shape index (κ3) is 1.82. The molecule has 3 nitrogen and oxygen atoms in total. The molecule has 1 aromatic heterocycles. The lowest BCUT2D eigenvalue weighted by molar-refractivity contribution is 0.579. The minimum Gasteiger partial charge on any atom is -0.398 e. The van der Waals surface area contributed by atoms with Crippen LogP contribution in [0.1, 0.15) is 19.3 Å². The molecule has 2 heterocycles. The highest BCUT2D eigenvalue weighted by Crippen LogP contribution is 2.30. The molecule has 2 N–H and O–H groups in total. The summed E-state index contributed by atoms with van der Waals surface area (Å²) in [5.41, 5.74) is 9.08. The number of anilines is 2. The Morgan fingerprint density at radius 1 is 1.06 bits per heavy atom. The number of pyridine rings is 1. The van der Waals surface area contributed by atoms with Gasteiger partial charge in [0.1, 0.15) is 0 Å². The standard InChI is InChI=1S/C14H17N3/c15-12-6-7-13(17-9-2-1-3-10-17)14-11(12)5-4-8-16-14/h4-8H,1-3,9-10,15H2. The van der Waals surface area contributed by atoms with Gasteiger partial charge in [0.25, 0.3) is 0 Å². The summed E-state index contributed by atoms with van der Waals surface area (Å²) < 4.78 is 0. The Labute approximate surface area is 101 Å². The Balaban J connectivity index is 2.12. The van der Waals surface area contributed by atoms with Gasteiger partial charge in [-0.05, 0) is 43.5 Å². The van der Waals surface area contributed by atoms with Gasteiger partial charge < -0.3 is 10.6 Å². The number of fused-ring (bicyclic) bond motifs is 1. The highest BCUT2D eigenvalue weighted by molar-refractivity contribution is 5.98. The van der Waals surface area contributed by atoms with Crippen molar-refractivity contribution in [3.05, 3.63) is 30.5 Å². The maximum Gasteiger partial charge on any atom is 0.0955 e. The molecule has 0 bridgehead atoms. The SMILES string of the molecule is Nc1ccc(N2CCCCC2)c2ncccc12. The fraction of sp³-hybridized carbons (Fsp3) is 0.357. The molecule has 1 aliphatic rings. The van der Waals surface area contributed by atoms with Gasteiger partial charge in [0.05, 0.1) is 11.2 Å². The van der Waals surface area contributed by atoms with Gasteiger partial charge in [0.15, 0.2) is 0 Å². The molecule has 3 rings (SSSR count). The molecule has 1 saturated heterocycles. The summed E-state index contributed by atoms with van der Waals surface area (Å²) in [4.78, 5) is 6.92. The van der Waals surface area contributed by atoms with Crippen LogP contribution >= 0.6 is 0 Å². The van der Waals surface area contributed by atoms with Crippen molar-refractivity contribution < 1.29 is 0 Å². The number of nitrogen functional groups attached to an aromatic ring is 1. The van der Waals surface area contributed by atoms with Gasteiger partial charge in [-0.1, -0.05) is 0 Å². The minimum atomic E-state index is 0.814. The highest BCUT2D eigenvalue weighted by Gasteiger charge is 2.14. The first kappa shape index (κ1) is 10.4. The predicted octanol–water partition coefficient (Wildman–Crippen LogP) is 2.81. The van der Waals surface area contributed by atoms with Crippen molar-refractivity contribution in [1.29, 1.82) is 0 Å². The van der Waals surface area contributed by atoms with Crippen LogP contribution < -0.4 is 10.6 Å². The highest BCUT2D eigenvalue weighted by atomic mass is 15.1. The van der Waals surface area contributed by atoms with Crippen molar-refractivity contribution >= 4 is 22.3 Å². The van der Waals surface area contributed by atoms with Crippen LogP contribution in [0.2, 0.25) is 0 Å². The van der Waals surface area contributed by atoms with Crippen LogP contribution in [0, 0.1) is 0 Å². The largest absolute Gasteiger partial charge is 0.398 e. The third-order valence-electron chi connectivity index (χ3n) is 3.48. The first-order chi connectivity index (χ1) is 8.36. The number of hydrogen-bond donors (Lipinski definition) is 1. The van der Waals surface area contributed by atoms with E-state index in [0.29, 0.717) is 0 Å². The van der Waals surface area contributed by atoms with E-state index in [-0.39, 0.29) is 0 Å². The number of nitrogens with two attached hydrogens (primary N) is 1. The monoisotopic (exact) mass is 227 g/mol. The van der Waals surface area contributed by atoms with E-state index < -0.39 is 0 Å². The van der Waals surface area contributed by atoms with Gasteiger partial charge in [-0.2, -0.15) is 0 Å². The first-order valence-electron chi connectivity index (χ1n) is 6.24. The lowest BCUT2D eigenvalue weighted by atomic mass is 10.1. The van der Waals surface area contributed by atoms with E-state index in [9.17, 15) is 0 Å². The van der Waals surface area contributed by atoms with Crippen molar-refractivity contribution in [2.24, 2.45) is 0 Å². The number of hydrogen-bond acceptors (Lipinski definition) is 3. The molecule has 88 valence electrons. The molecule has 17 heavy (non-hydrogen) atoms. The zero-order valence-electron chi connectivity index (χ0n) is 9.89. The molecular formula is C14H17N3. The zero-order valence-corrected chi connectivity index (χ0v) is 9.89. The van der Waals surface area contributed by atoms with Crippen molar-refractivity contribution in [3.63, 3.8) is 0 Å². The van der Waals surface area contributed by atoms with E-state index in [2.05, 4.69) is 16.0 Å². The second-order valence-electron chi connectivity index (χ2n) is 4.62. The van der Waals surface area contributed by atoms with Gasteiger partial charge in [-0.15, -0.1) is 0 Å². The van der Waals surface area contributed by atoms with E-state index >= 15 is 0 Å². The van der Waals surface area contributed by atoms with E-state index in [0.717, 1.165) is 29.7 Å². The minimum absolute atomic E-state index is 0.814. The number of aromatic nitrogens is 1. The molecule has 0 atom stereocenters. The maximum atomic E-state index is 6.00. The topological polar surface area (TPSA) is 42.1 Å². The average molecular weight is 227 g/mol. The Morgan fingerprint density at radius 2 is 1.88 bits per heavy atom. The number of piperidine rings is 1. The van der Waals surface area contributed by atoms with Crippen LogP contribution in [0.5, 0.6) is 0 Å². The molecule has 0 saturated carbocycles. The summed E-state index contributed by atoms with van der Waals surface area (Å²) in [6.07, 6.45) is 5.74. The van der Waals surface area contributed by atoms with Crippen molar-refractivity contribution in [1.82, 2.24) is 4.98 Å². The van der Waals surface area contributed by atoms with Gasteiger partial charge in [0.2, 0.25) is 0 Å². The quantitative estimate of drug-likeness (QED) is 0.762. The summed E-state index contributed by atoms with van der Waals surface area (Å²) in [7, 11) is 0.